The average Bonchev–Trinajstić information content (AvgIpc) is 2.08. The molecule has 1 aromatic rings. The Morgan fingerprint density at radius 1 is 1.46 bits per heavy atom. The van der Waals surface area contributed by atoms with E-state index in [1.807, 2.05) is 24.3 Å². The Bertz CT molecular complexity index is 319. The minimum Gasteiger partial charge on any atom is -0.274 e. The van der Waals surface area contributed by atoms with Gasteiger partial charge in [0.15, 0.2) is 0 Å². The number of nitrogens with zero attached hydrogens (tertiary/aromatic N) is 1. The van der Waals surface area contributed by atoms with Gasteiger partial charge in [-0.15, -0.1) is 0 Å². The van der Waals surface area contributed by atoms with Crippen LogP contribution in [0.5, 0.6) is 0 Å². The number of benzene rings is 1. The number of hydrogen-bond acceptors (Lipinski definition) is 2. The van der Waals surface area contributed by atoms with Gasteiger partial charge in [0.1, 0.15) is 0 Å². The Labute approximate surface area is 85.0 Å². The van der Waals surface area contributed by atoms with Crippen molar-refractivity contribution >= 4 is 28.1 Å². The van der Waals surface area contributed by atoms with E-state index < -0.39 is 0 Å². The molecule has 0 saturated heterocycles. The SMILES string of the molecule is CC(=O)N/N=C\c1ccc(Br)cc1. The predicted molar refractivity (Wildman–Crippen MR) is 55.6 cm³/mol. The van der Waals surface area contributed by atoms with Crippen LogP contribution >= 0.6 is 15.9 Å². The molecule has 0 fully saturated rings. The van der Waals surface area contributed by atoms with Crippen molar-refractivity contribution in [2.24, 2.45) is 5.10 Å². The monoisotopic (exact) mass is 240 g/mol. The molecule has 3 nitrogen and oxygen atoms in total. The van der Waals surface area contributed by atoms with Crippen LogP contribution in [-0.2, 0) is 4.79 Å². The highest BCUT2D eigenvalue weighted by Gasteiger charge is 1.88. The Morgan fingerprint density at radius 3 is 2.62 bits per heavy atom. The first-order valence-electron chi connectivity index (χ1n) is 3.73. The minimum absolute atomic E-state index is 0.173. The normalized spacial score (nSPS) is 10.3. The lowest BCUT2D eigenvalue weighted by atomic mass is 10.2. The number of halogens is 1. The van der Waals surface area contributed by atoms with Crippen molar-refractivity contribution in [3.8, 4) is 0 Å². The third-order valence-electron chi connectivity index (χ3n) is 1.31. The smallest absolute Gasteiger partial charge is 0.236 e. The molecule has 0 bridgehead atoms. The van der Waals surface area contributed by atoms with Crippen LogP contribution in [0.2, 0.25) is 0 Å². The molecule has 0 heterocycles. The summed E-state index contributed by atoms with van der Waals surface area (Å²) < 4.78 is 1.02. The van der Waals surface area contributed by atoms with Gasteiger partial charge in [-0.3, -0.25) is 4.79 Å². The lowest BCUT2D eigenvalue weighted by Crippen LogP contribution is -2.12. The molecular weight excluding hydrogens is 232 g/mol. The zero-order valence-electron chi connectivity index (χ0n) is 7.12. The Hall–Kier alpha value is -1.16. The number of amides is 1. The van der Waals surface area contributed by atoms with Gasteiger partial charge in [-0.2, -0.15) is 5.10 Å². The summed E-state index contributed by atoms with van der Waals surface area (Å²) in [5.74, 6) is -0.173. The lowest BCUT2D eigenvalue weighted by molar-refractivity contribution is -0.118. The van der Waals surface area contributed by atoms with Gasteiger partial charge >= 0.3 is 0 Å². The van der Waals surface area contributed by atoms with E-state index in [0.717, 1.165) is 10.0 Å². The van der Waals surface area contributed by atoms with Crippen molar-refractivity contribution in [1.82, 2.24) is 5.43 Å². The lowest BCUT2D eigenvalue weighted by Gasteiger charge is -1.93. The molecule has 1 rings (SSSR count). The van der Waals surface area contributed by atoms with Crippen LogP contribution < -0.4 is 5.43 Å². The highest BCUT2D eigenvalue weighted by Crippen LogP contribution is 2.08. The first kappa shape index (κ1) is 9.92. The molecule has 0 atom stereocenters. The zero-order chi connectivity index (χ0) is 9.68. The fraction of sp³-hybridized carbons (Fsp3) is 0.111. The van der Waals surface area contributed by atoms with E-state index in [4.69, 9.17) is 0 Å². The fourth-order valence-electron chi connectivity index (χ4n) is 0.747. The standard InChI is InChI=1S/C9H9BrN2O/c1-7(13)12-11-6-8-2-4-9(10)5-3-8/h2-6H,1H3,(H,12,13)/b11-6-. The van der Waals surface area contributed by atoms with E-state index in [1.165, 1.54) is 6.92 Å². The summed E-state index contributed by atoms with van der Waals surface area (Å²) in [6.45, 7) is 1.42. The molecule has 1 amide bonds. The second kappa shape index (κ2) is 4.77. The largest absolute Gasteiger partial charge is 0.274 e. The van der Waals surface area contributed by atoms with Crippen molar-refractivity contribution in [3.05, 3.63) is 34.3 Å². The highest BCUT2D eigenvalue weighted by atomic mass is 79.9. The van der Waals surface area contributed by atoms with Gasteiger partial charge in [-0.1, -0.05) is 28.1 Å². The second-order valence-corrected chi connectivity index (χ2v) is 3.39. The van der Waals surface area contributed by atoms with E-state index in [-0.39, 0.29) is 5.91 Å². The van der Waals surface area contributed by atoms with Gasteiger partial charge in [0.25, 0.3) is 0 Å². The fourth-order valence-corrected chi connectivity index (χ4v) is 1.01. The summed E-state index contributed by atoms with van der Waals surface area (Å²) in [7, 11) is 0. The third kappa shape index (κ3) is 3.85. The number of rotatable bonds is 2. The van der Waals surface area contributed by atoms with Crippen LogP contribution in [0.3, 0.4) is 0 Å². The van der Waals surface area contributed by atoms with E-state index in [1.54, 1.807) is 6.21 Å². The topological polar surface area (TPSA) is 41.5 Å². The Balaban J connectivity index is 2.59. The summed E-state index contributed by atoms with van der Waals surface area (Å²) >= 11 is 3.32. The summed E-state index contributed by atoms with van der Waals surface area (Å²) in [5, 5.41) is 3.73. The maximum atomic E-state index is 10.5. The van der Waals surface area contributed by atoms with Crippen LogP contribution in [0.15, 0.2) is 33.8 Å². The molecule has 68 valence electrons. The second-order valence-electron chi connectivity index (χ2n) is 2.48. The third-order valence-corrected chi connectivity index (χ3v) is 1.83. The number of carbonyl (C=O) groups is 1. The molecule has 1 N–H and O–H groups in total. The minimum atomic E-state index is -0.173. The van der Waals surface area contributed by atoms with Crippen molar-refractivity contribution in [2.45, 2.75) is 6.92 Å². The first-order valence-corrected chi connectivity index (χ1v) is 4.53. The molecule has 0 aromatic heterocycles. The molecule has 0 radical (unpaired) electrons. The van der Waals surface area contributed by atoms with Crippen LogP contribution in [0.25, 0.3) is 0 Å². The number of carbonyl (C=O) groups excluding carboxylic acids is 1. The molecule has 0 aliphatic rings. The van der Waals surface area contributed by atoms with E-state index in [9.17, 15) is 4.79 Å². The Kier molecular flexibility index (Phi) is 3.64. The van der Waals surface area contributed by atoms with E-state index in [0.29, 0.717) is 0 Å². The molecule has 13 heavy (non-hydrogen) atoms. The predicted octanol–water partition coefficient (Wildman–Crippen LogP) is 1.92. The van der Waals surface area contributed by atoms with Gasteiger partial charge in [-0.05, 0) is 17.7 Å². The summed E-state index contributed by atoms with van der Waals surface area (Å²) in [6, 6.07) is 7.62. The summed E-state index contributed by atoms with van der Waals surface area (Å²) in [5.41, 5.74) is 3.27. The van der Waals surface area contributed by atoms with Crippen molar-refractivity contribution < 1.29 is 4.79 Å². The number of hydrogen-bond donors (Lipinski definition) is 1. The Morgan fingerprint density at radius 2 is 2.08 bits per heavy atom. The molecule has 0 aliphatic heterocycles. The number of nitrogens with one attached hydrogen (secondary N) is 1. The van der Waals surface area contributed by atoms with Gasteiger partial charge in [-0.25, -0.2) is 5.43 Å². The van der Waals surface area contributed by atoms with Crippen molar-refractivity contribution in [2.75, 3.05) is 0 Å². The quantitative estimate of drug-likeness (QED) is 0.623. The maximum absolute atomic E-state index is 10.5. The molecule has 4 heteroatoms. The summed E-state index contributed by atoms with van der Waals surface area (Å²) in [6.07, 6.45) is 1.59. The molecule has 0 spiro atoms. The summed E-state index contributed by atoms with van der Waals surface area (Å²) in [4.78, 5) is 10.5. The van der Waals surface area contributed by atoms with Gasteiger partial charge in [0, 0.05) is 11.4 Å². The molecule has 0 unspecified atom stereocenters. The molecular formula is C9H9BrN2O. The van der Waals surface area contributed by atoms with E-state index in [2.05, 4.69) is 26.5 Å². The van der Waals surface area contributed by atoms with E-state index >= 15 is 0 Å². The van der Waals surface area contributed by atoms with Crippen LogP contribution in [0, 0.1) is 0 Å². The van der Waals surface area contributed by atoms with Crippen LogP contribution in [0.4, 0.5) is 0 Å². The van der Waals surface area contributed by atoms with Crippen molar-refractivity contribution in [1.29, 1.82) is 0 Å². The van der Waals surface area contributed by atoms with Gasteiger partial charge in [0.05, 0.1) is 6.21 Å². The van der Waals surface area contributed by atoms with Crippen molar-refractivity contribution in [3.63, 3.8) is 0 Å². The van der Waals surface area contributed by atoms with Crippen LogP contribution in [0.1, 0.15) is 12.5 Å². The molecule has 0 aliphatic carbocycles. The van der Waals surface area contributed by atoms with Crippen LogP contribution in [-0.4, -0.2) is 12.1 Å². The molecule has 0 saturated carbocycles. The van der Waals surface area contributed by atoms with Gasteiger partial charge < -0.3 is 0 Å². The zero-order valence-corrected chi connectivity index (χ0v) is 8.71. The highest BCUT2D eigenvalue weighted by molar-refractivity contribution is 9.10. The average molecular weight is 241 g/mol. The number of hydrazone groups is 1. The first-order chi connectivity index (χ1) is 6.18. The molecule has 1 aromatic carbocycles. The van der Waals surface area contributed by atoms with Gasteiger partial charge in [0.2, 0.25) is 5.91 Å². The maximum Gasteiger partial charge on any atom is 0.236 e.